The Kier molecular flexibility index (Phi) is 5.62. The van der Waals surface area contributed by atoms with Crippen molar-refractivity contribution in [3.63, 3.8) is 0 Å². The molecule has 1 aromatic rings. The Balaban J connectivity index is 2.32. The highest BCUT2D eigenvalue weighted by molar-refractivity contribution is 5.56. The van der Waals surface area contributed by atoms with Gasteiger partial charge in [-0.1, -0.05) is 18.2 Å². The van der Waals surface area contributed by atoms with Crippen LogP contribution >= 0.6 is 0 Å². The van der Waals surface area contributed by atoms with Crippen molar-refractivity contribution in [1.82, 2.24) is 0 Å². The molecule has 118 valence electrons. The van der Waals surface area contributed by atoms with E-state index in [0.29, 0.717) is 6.54 Å². The SMILES string of the molecule is COC(CC(C)(CN)N1CCCCc2ccccc21)OC. The van der Waals surface area contributed by atoms with Crippen LogP contribution in [0.4, 0.5) is 5.69 Å². The molecule has 1 aliphatic heterocycles. The van der Waals surface area contributed by atoms with Crippen molar-refractivity contribution in [3.05, 3.63) is 29.8 Å². The molecule has 0 radical (unpaired) electrons. The molecular weight excluding hydrogens is 264 g/mol. The van der Waals surface area contributed by atoms with Crippen LogP contribution in [-0.4, -0.2) is 39.1 Å². The monoisotopic (exact) mass is 292 g/mol. The van der Waals surface area contributed by atoms with E-state index in [1.807, 2.05) is 0 Å². The van der Waals surface area contributed by atoms with E-state index < -0.39 is 0 Å². The molecule has 2 N–H and O–H groups in total. The van der Waals surface area contributed by atoms with Gasteiger partial charge in [0.25, 0.3) is 0 Å². The van der Waals surface area contributed by atoms with Crippen LogP contribution in [0.15, 0.2) is 24.3 Å². The second-order valence-corrected chi connectivity index (χ2v) is 6.04. The van der Waals surface area contributed by atoms with Gasteiger partial charge in [-0.2, -0.15) is 0 Å². The molecular formula is C17H28N2O2. The maximum atomic E-state index is 6.15. The summed E-state index contributed by atoms with van der Waals surface area (Å²) in [4.78, 5) is 2.46. The molecule has 1 atom stereocenters. The van der Waals surface area contributed by atoms with Crippen LogP contribution in [0.2, 0.25) is 0 Å². The van der Waals surface area contributed by atoms with Crippen molar-refractivity contribution in [2.75, 3.05) is 32.2 Å². The Labute approximate surface area is 128 Å². The molecule has 1 aromatic carbocycles. The zero-order valence-corrected chi connectivity index (χ0v) is 13.5. The van der Waals surface area contributed by atoms with Gasteiger partial charge in [0.15, 0.2) is 6.29 Å². The van der Waals surface area contributed by atoms with Crippen LogP contribution < -0.4 is 10.6 Å². The number of fused-ring (bicyclic) bond motifs is 1. The molecule has 0 aliphatic carbocycles. The molecule has 0 amide bonds. The van der Waals surface area contributed by atoms with Crippen LogP contribution in [0, 0.1) is 0 Å². The van der Waals surface area contributed by atoms with Gasteiger partial charge in [-0.3, -0.25) is 0 Å². The first-order valence-corrected chi connectivity index (χ1v) is 7.76. The Morgan fingerprint density at radius 1 is 1.24 bits per heavy atom. The van der Waals surface area contributed by atoms with Gasteiger partial charge in [0, 0.05) is 39.4 Å². The maximum Gasteiger partial charge on any atom is 0.159 e. The second kappa shape index (κ2) is 7.25. The van der Waals surface area contributed by atoms with Gasteiger partial charge >= 0.3 is 0 Å². The summed E-state index contributed by atoms with van der Waals surface area (Å²) < 4.78 is 10.8. The molecule has 2 rings (SSSR count). The minimum Gasteiger partial charge on any atom is -0.364 e. The van der Waals surface area contributed by atoms with Crippen LogP contribution in [0.25, 0.3) is 0 Å². The van der Waals surface area contributed by atoms with Crippen LogP contribution in [0.3, 0.4) is 0 Å². The molecule has 21 heavy (non-hydrogen) atoms. The van der Waals surface area contributed by atoms with Crippen molar-refractivity contribution in [2.24, 2.45) is 5.73 Å². The number of ether oxygens (including phenoxy) is 2. The third-order valence-corrected chi connectivity index (χ3v) is 4.58. The smallest absolute Gasteiger partial charge is 0.159 e. The van der Waals surface area contributed by atoms with Crippen molar-refractivity contribution in [2.45, 2.75) is 44.4 Å². The average Bonchev–Trinajstić information content (AvgIpc) is 2.75. The predicted molar refractivity (Wildman–Crippen MR) is 86.6 cm³/mol. The number of nitrogens with zero attached hydrogens (tertiary/aromatic N) is 1. The summed E-state index contributed by atoms with van der Waals surface area (Å²) in [5.74, 6) is 0. The van der Waals surface area contributed by atoms with Gasteiger partial charge in [-0.15, -0.1) is 0 Å². The number of aryl methyl sites for hydroxylation is 1. The van der Waals surface area contributed by atoms with Gasteiger partial charge in [-0.05, 0) is 37.8 Å². The van der Waals surface area contributed by atoms with Gasteiger partial charge in [-0.25, -0.2) is 0 Å². The Hall–Kier alpha value is -1.10. The molecule has 1 heterocycles. The fourth-order valence-corrected chi connectivity index (χ4v) is 3.18. The highest BCUT2D eigenvalue weighted by Gasteiger charge is 2.35. The molecule has 1 unspecified atom stereocenters. The third-order valence-electron chi connectivity index (χ3n) is 4.58. The number of anilines is 1. The van der Waals surface area contributed by atoms with Crippen LogP contribution in [-0.2, 0) is 15.9 Å². The van der Waals surface area contributed by atoms with E-state index in [4.69, 9.17) is 15.2 Å². The molecule has 0 bridgehead atoms. The normalized spacial score (nSPS) is 18.2. The molecule has 0 saturated heterocycles. The summed E-state index contributed by atoms with van der Waals surface area (Å²) in [5, 5.41) is 0. The highest BCUT2D eigenvalue weighted by Crippen LogP contribution is 2.34. The van der Waals surface area contributed by atoms with E-state index in [-0.39, 0.29) is 11.8 Å². The van der Waals surface area contributed by atoms with E-state index in [2.05, 4.69) is 36.1 Å². The molecule has 1 aliphatic rings. The van der Waals surface area contributed by atoms with Gasteiger partial charge in [0.05, 0.1) is 5.54 Å². The zero-order chi connectivity index (χ0) is 15.3. The lowest BCUT2D eigenvalue weighted by atomic mass is 9.93. The lowest BCUT2D eigenvalue weighted by molar-refractivity contribution is -0.115. The highest BCUT2D eigenvalue weighted by atomic mass is 16.7. The first kappa shape index (κ1) is 16.3. The number of benzene rings is 1. The van der Waals surface area contributed by atoms with Crippen molar-refractivity contribution in [1.29, 1.82) is 0 Å². The van der Waals surface area contributed by atoms with Crippen molar-refractivity contribution >= 4 is 5.69 Å². The van der Waals surface area contributed by atoms with E-state index in [1.165, 1.54) is 24.1 Å². The summed E-state index contributed by atoms with van der Waals surface area (Å²) in [5.41, 5.74) is 8.71. The summed E-state index contributed by atoms with van der Waals surface area (Å²) in [6.07, 6.45) is 4.09. The van der Waals surface area contributed by atoms with E-state index in [9.17, 15) is 0 Å². The topological polar surface area (TPSA) is 47.7 Å². The minimum atomic E-state index is -0.228. The van der Waals surface area contributed by atoms with E-state index in [1.54, 1.807) is 14.2 Å². The number of methoxy groups -OCH3 is 2. The maximum absolute atomic E-state index is 6.15. The summed E-state index contributed by atoms with van der Waals surface area (Å²) in [6, 6.07) is 8.67. The molecule has 0 saturated carbocycles. The Morgan fingerprint density at radius 3 is 2.62 bits per heavy atom. The molecule has 4 heteroatoms. The summed E-state index contributed by atoms with van der Waals surface area (Å²) in [6.45, 7) is 3.82. The van der Waals surface area contributed by atoms with Crippen LogP contribution in [0.5, 0.6) is 0 Å². The molecule has 0 fully saturated rings. The van der Waals surface area contributed by atoms with E-state index in [0.717, 1.165) is 19.4 Å². The molecule has 0 aromatic heterocycles. The third kappa shape index (κ3) is 3.57. The molecule has 4 nitrogen and oxygen atoms in total. The summed E-state index contributed by atoms with van der Waals surface area (Å²) >= 11 is 0. The number of nitrogens with two attached hydrogens (primary N) is 1. The van der Waals surface area contributed by atoms with Crippen LogP contribution in [0.1, 0.15) is 31.7 Å². The minimum absolute atomic E-state index is 0.170. The lowest BCUT2D eigenvalue weighted by Gasteiger charge is -2.44. The Bertz CT molecular complexity index is 448. The fraction of sp³-hybridized carbons (Fsp3) is 0.647. The van der Waals surface area contributed by atoms with Gasteiger partial charge in [0.1, 0.15) is 0 Å². The standard InChI is InChI=1S/C17H28N2O2/c1-17(13-18,12-16(20-2)21-3)19-11-7-6-9-14-8-4-5-10-15(14)19/h4-5,8,10,16H,6-7,9,11-13,18H2,1-3H3. The first-order valence-electron chi connectivity index (χ1n) is 7.76. The van der Waals surface area contributed by atoms with E-state index >= 15 is 0 Å². The average molecular weight is 292 g/mol. The zero-order valence-electron chi connectivity index (χ0n) is 13.5. The lowest BCUT2D eigenvalue weighted by Crippen LogP contribution is -2.54. The quantitative estimate of drug-likeness (QED) is 0.819. The fourth-order valence-electron chi connectivity index (χ4n) is 3.18. The molecule has 0 spiro atoms. The predicted octanol–water partition coefficient (Wildman–Crippen LogP) is 2.56. The van der Waals surface area contributed by atoms with Crippen molar-refractivity contribution in [3.8, 4) is 0 Å². The van der Waals surface area contributed by atoms with Gasteiger partial charge in [0.2, 0.25) is 0 Å². The number of hydrogen-bond acceptors (Lipinski definition) is 4. The first-order chi connectivity index (χ1) is 10.1. The largest absolute Gasteiger partial charge is 0.364 e. The van der Waals surface area contributed by atoms with Crippen molar-refractivity contribution < 1.29 is 9.47 Å². The summed E-state index contributed by atoms with van der Waals surface area (Å²) in [7, 11) is 3.36. The van der Waals surface area contributed by atoms with Gasteiger partial charge < -0.3 is 20.1 Å². The number of hydrogen-bond donors (Lipinski definition) is 1. The number of rotatable bonds is 6. The Morgan fingerprint density at radius 2 is 1.95 bits per heavy atom. The number of para-hydroxylation sites is 1. The second-order valence-electron chi connectivity index (χ2n) is 6.04.